The van der Waals surface area contributed by atoms with Crippen LogP contribution >= 0.6 is 0 Å². The molecule has 19 heavy (non-hydrogen) atoms. The van der Waals surface area contributed by atoms with Crippen molar-refractivity contribution in [3.63, 3.8) is 0 Å². The molecule has 0 amide bonds. The number of fused-ring (bicyclic) bond motifs is 1. The van der Waals surface area contributed by atoms with Crippen molar-refractivity contribution < 1.29 is 19.5 Å². The first-order chi connectivity index (χ1) is 9.33. The molecule has 0 radical (unpaired) electrons. The predicted octanol–water partition coefficient (Wildman–Crippen LogP) is 0.908. The van der Waals surface area contributed by atoms with Crippen LogP contribution in [-0.2, 0) is 0 Å². The van der Waals surface area contributed by atoms with Gasteiger partial charge in [0.15, 0.2) is 11.5 Å². The van der Waals surface area contributed by atoms with E-state index in [2.05, 4.69) is 0 Å². The molecule has 1 atom stereocenters. The Kier molecular flexibility index (Phi) is 3.89. The van der Waals surface area contributed by atoms with Gasteiger partial charge in [-0.05, 0) is 37.0 Å². The molecule has 104 valence electrons. The molecule has 0 saturated carbocycles. The number of aliphatic hydroxyl groups is 1. The summed E-state index contributed by atoms with van der Waals surface area (Å²) in [6.45, 7) is 3.85. The molecule has 2 aliphatic heterocycles. The summed E-state index contributed by atoms with van der Waals surface area (Å²) < 4.78 is 10.6. The summed E-state index contributed by atoms with van der Waals surface area (Å²) in [5, 5.41) is 10.3. The van der Waals surface area contributed by atoms with Gasteiger partial charge in [0.25, 0.3) is 0 Å². The SMILES string of the molecule is O[C@H](CC[NH+]1CCCCC1)c1ccc2c(c1)OCO2. The Bertz CT molecular complexity index is 429. The average molecular weight is 264 g/mol. The van der Waals surface area contributed by atoms with Gasteiger partial charge in [-0.2, -0.15) is 0 Å². The predicted molar refractivity (Wildman–Crippen MR) is 71.6 cm³/mol. The van der Waals surface area contributed by atoms with E-state index < -0.39 is 6.10 Å². The lowest BCUT2D eigenvalue weighted by atomic mass is 10.0. The summed E-state index contributed by atoms with van der Waals surface area (Å²) >= 11 is 0. The van der Waals surface area contributed by atoms with Crippen molar-refractivity contribution in [3.05, 3.63) is 23.8 Å². The van der Waals surface area contributed by atoms with Crippen molar-refractivity contribution in [2.75, 3.05) is 26.4 Å². The summed E-state index contributed by atoms with van der Waals surface area (Å²) in [5.41, 5.74) is 0.931. The minimum absolute atomic E-state index is 0.285. The van der Waals surface area contributed by atoms with Gasteiger partial charge in [-0.25, -0.2) is 0 Å². The molecule has 2 heterocycles. The number of rotatable bonds is 4. The van der Waals surface area contributed by atoms with Gasteiger partial charge in [-0.1, -0.05) is 6.07 Å². The fourth-order valence-corrected chi connectivity index (χ4v) is 2.93. The molecule has 0 unspecified atom stereocenters. The van der Waals surface area contributed by atoms with Gasteiger partial charge < -0.3 is 19.5 Å². The van der Waals surface area contributed by atoms with E-state index >= 15 is 0 Å². The average Bonchev–Trinajstić information content (AvgIpc) is 2.93. The van der Waals surface area contributed by atoms with Crippen molar-refractivity contribution >= 4 is 0 Å². The van der Waals surface area contributed by atoms with Crippen molar-refractivity contribution in [2.45, 2.75) is 31.8 Å². The molecule has 4 nitrogen and oxygen atoms in total. The molecule has 0 bridgehead atoms. The second-order valence-electron chi connectivity index (χ2n) is 5.48. The van der Waals surface area contributed by atoms with Crippen LogP contribution in [0.2, 0.25) is 0 Å². The molecule has 3 rings (SSSR count). The highest BCUT2D eigenvalue weighted by atomic mass is 16.7. The fraction of sp³-hybridized carbons (Fsp3) is 0.600. The Morgan fingerprint density at radius 3 is 2.74 bits per heavy atom. The maximum atomic E-state index is 10.3. The summed E-state index contributed by atoms with van der Waals surface area (Å²) in [7, 11) is 0. The molecule has 1 fully saturated rings. The Labute approximate surface area is 113 Å². The van der Waals surface area contributed by atoms with Gasteiger partial charge in [-0.3, -0.25) is 0 Å². The Morgan fingerprint density at radius 1 is 1.11 bits per heavy atom. The third-order valence-electron chi connectivity index (χ3n) is 4.11. The van der Waals surface area contributed by atoms with E-state index in [1.54, 1.807) is 4.90 Å². The summed E-state index contributed by atoms with van der Waals surface area (Å²) in [5.74, 6) is 1.53. The molecule has 1 aromatic carbocycles. The minimum Gasteiger partial charge on any atom is -0.454 e. The number of hydrogen-bond acceptors (Lipinski definition) is 3. The minimum atomic E-state index is -0.399. The van der Waals surface area contributed by atoms with E-state index in [0.717, 1.165) is 30.0 Å². The molecular weight excluding hydrogens is 242 g/mol. The number of hydrogen-bond donors (Lipinski definition) is 2. The highest BCUT2D eigenvalue weighted by Gasteiger charge is 2.19. The summed E-state index contributed by atoms with van der Waals surface area (Å²) in [6, 6.07) is 5.72. The van der Waals surface area contributed by atoms with Crippen LogP contribution in [0.4, 0.5) is 0 Å². The van der Waals surface area contributed by atoms with Crippen LogP contribution in [-0.4, -0.2) is 31.5 Å². The van der Waals surface area contributed by atoms with Gasteiger partial charge >= 0.3 is 0 Å². The first-order valence-corrected chi connectivity index (χ1v) is 7.24. The zero-order valence-corrected chi connectivity index (χ0v) is 11.2. The lowest BCUT2D eigenvalue weighted by molar-refractivity contribution is -0.905. The van der Waals surface area contributed by atoms with Crippen LogP contribution in [0.25, 0.3) is 0 Å². The van der Waals surface area contributed by atoms with Gasteiger partial charge in [0.05, 0.1) is 25.7 Å². The first kappa shape index (κ1) is 12.8. The Hall–Kier alpha value is -1.26. The zero-order valence-electron chi connectivity index (χ0n) is 11.2. The highest BCUT2D eigenvalue weighted by Crippen LogP contribution is 2.34. The molecule has 0 aliphatic carbocycles. The molecule has 4 heteroatoms. The highest BCUT2D eigenvalue weighted by molar-refractivity contribution is 5.45. The Morgan fingerprint density at radius 2 is 1.89 bits per heavy atom. The van der Waals surface area contributed by atoms with E-state index in [4.69, 9.17) is 9.47 Å². The van der Waals surface area contributed by atoms with Gasteiger partial charge in [0.1, 0.15) is 0 Å². The fourth-order valence-electron chi connectivity index (χ4n) is 2.93. The second kappa shape index (κ2) is 5.80. The van der Waals surface area contributed by atoms with Crippen molar-refractivity contribution in [2.24, 2.45) is 0 Å². The first-order valence-electron chi connectivity index (χ1n) is 7.24. The smallest absolute Gasteiger partial charge is 0.231 e. The molecule has 2 aliphatic rings. The normalized spacial score (nSPS) is 20.5. The van der Waals surface area contributed by atoms with Crippen LogP contribution in [0.3, 0.4) is 0 Å². The summed E-state index contributed by atoms with van der Waals surface area (Å²) in [4.78, 5) is 1.63. The molecular formula is C15H22NO3+. The van der Waals surface area contributed by atoms with Crippen molar-refractivity contribution in [1.82, 2.24) is 0 Å². The van der Waals surface area contributed by atoms with E-state index in [0.29, 0.717) is 0 Å². The van der Waals surface area contributed by atoms with Crippen LogP contribution in [0.5, 0.6) is 11.5 Å². The van der Waals surface area contributed by atoms with Gasteiger partial charge in [-0.15, -0.1) is 0 Å². The van der Waals surface area contributed by atoms with Crippen molar-refractivity contribution in [1.29, 1.82) is 0 Å². The number of quaternary nitrogens is 1. The lowest BCUT2D eigenvalue weighted by Crippen LogP contribution is -3.12. The number of piperidine rings is 1. The monoisotopic (exact) mass is 264 g/mol. The quantitative estimate of drug-likeness (QED) is 0.849. The topological polar surface area (TPSA) is 43.1 Å². The largest absolute Gasteiger partial charge is 0.454 e. The number of likely N-dealkylation sites (tertiary alicyclic amines) is 1. The number of aliphatic hydroxyl groups excluding tert-OH is 1. The van der Waals surface area contributed by atoms with Crippen LogP contribution in [0, 0.1) is 0 Å². The maximum Gasteiger partial charge on any atom is 0.231 e. The van der Waals surface area contributed by atoms with Crippen LogP contribution < -0.4 is 14.4 Å². The summed E-state index contributed by atoms with van der Waals surface area (Å²) in [6.07, 6.45) is 4.44. The standard InChI is InChI=1S/C15H21NO3/c17-13(6-9-16-7-2-1-3-8-16)12-4-5-14-15(10-12)19-11-18-14/h4-5,10,13,17H,1-3,6-9,11H2/p+1/t13-/m1/s1. The zero-order chi connectivity index (χ0) is 13.1. The van der Waals surface area contributed by atoms with E-state index in [-0.39, 0.29) is 6.79 Å². The molecule has 0 spiro atoms. The molecule has 2 N–H and O–H groups in total. The molecule has 1 aromatic rings. The second-order valence-corrected chi connectivity index (χ2v) is 5.48. The number of nitrogens with one attached hydrogen (secondary N) is 1. The van der Waals surface area contributed by atoms with Crippen LogP contribution in [0.1, 0.15) is 37.4 Å². The van der Waals surface area contributed by atoms with Crippen LogP contribution in [0.15, 0.2) is 18.2 Å². The maximum absolute atomic E-state index is 10.3. The number of benzene rings is 1. The lowest BCUT2D eigenvalue weighted by Gasteiger charge is -2.24. The molecule has 0 aromatic heterocycles. The van der Waals surface area contributed by atoms with E-state index in [9.17, 15) is 5.11 Å². The third-order valence-corrected chi connectivity index (χ3v) is 4.11. The van der Waals surface area contributed by atoms with E-state index in [1.807, 2.05) is 18.2 Å². The van der Waals surface area contributed by atoms with Gasteiger partial charge in [0, 0.05) is 6.42 Å². The third kappa shape index (κ3) is 3.01. The van der Waals surface area contributed by atoms with Crippen molar-refractivity contribution in [3.8, 4) is 11.5 Å². The number of ether oxygens (including phenoxy) is 2. The molecule has 1 saturated heterocycles. The van der Waals surface area contributed by atoms with E-state index in [1.165, 1.54) is 32.4 Å². The Balaban J connectivity index is 1.56. The van der Waals surface area contributed by atoms with Gasteiger partial charge in [0.2, 0.25) is 6.79 Å².